The molecular weight excluding hydrogens is 518 g/mol. The highest BCUT2D eigenvalue weighted by atomic mass is 32.2. The minimum atomic E-state index is -0.982. The molecule has 1 aliphatic heterocycles. The fourth-order valence-corrected chi connectivity index (χ4v) is 6.20. The second-order valence-corrected chi connectivity index (χ2v) is 11.3. The largest absolute Gasteiger partial charge is 0.478 e. The fourth-order valence-electron chi connectivity index (χ4n) is 5.48. The van der Waals surface area contributed by atoms with E-state index in [4.69, 9.17) is 15.9 Å². The van der Waals surface area contributed by atoms with Crippen molar-refractivity contribution in [3.8, 4) is 22.6 Å². The van der Waals surface area contributed by atoms with Crippen LogP contribution in [0.3, 0.4) is 0 Å². The maximum absolute atomic E-state index is 11.4. The molecule has 0 saturated heterocycles. The van der Waals surface area contributed by atoms with Gasteiger partial charge in [-0.3, -0.25) is 5.41 Å². The maximum atomic E-state index is 11.4. The Labute approximate surface area is 238 Å². The molecule has 7 heteroatoms. The number of rotatable bonds is 10. The fraction of sp³-hybridized carbons (Fsp3) is 0.242. The average molecular weight is 552 g/mol. The van der Waals surface area contributed by atoms with E-state index in [0.717, 1.165) is 57.4 Å². The summed E-state index contributed by atoms with van der Waals surface area (Å²) in [5.74, 6) is 2.02. The van der Waals surface area contributed by atoms with Gasteiger partial charge in [0.15, 0.2) is 5.84 Å². The molecule has 1 aliphatic rings. The first-order valence-electron chi connectivity index (χ1n) is 13.7. The van der Waals surface area contributed by atoms with Crippen LogP contribution in [0.1, 0.15) is 73.0 Å². The van der Waals surface area contributed by atoms with Gasteiger partial charge in [0.05, 0.1) is 5.56 Å². The van der Waals surface area contributed by atoms with Crippen molar-refractivity contribution in [1.29, 1.82) is 5.41 Å². The molecule has 4 aromatic rings. The van der Waals surface area contributed by atoms with Crippen LogP contribution in [0, 0.1) is 5.41 Å². The van der Waals surface area contributed by atoms with E-state index in [2.05, 4.69) is 56.1 Å². The molecule has 0 aliphatic carbocycles. The number of carboxylic acids is 1. The summed E-state index contributed by atoms with van der Waals surface area (Å²) >= 11 is 1.77. The summed E-state index contributed by atoms with van der Waals surface area (Å²) in [4.78, 5) is 16.9. The van der Waals surface area contributed by atoms with Crippen LogP contribution in [0.5, 0.6) is 11.5 Å². The lowest BCUT2D eigenvalue weighted by Gasteiger charge is -2.21. The van der Waals surface area contributed by atoms with Gasteiger partial charge in [0, 0.05) is 27.0 Å². The zero-order chi connectivity index (χ0) is 28.4. The summed E-state index contributed by atoms with van der Waals surface area (Å²) in [7, 11) is 0. The molecule has 4 N–H and O–H groups in total. The van der Waals surface area contributed by atoms with Crippen molar-refractivity contribution in [1.82, 2.24) is 0 Å². The average Bonchev–Trinajstić information content (AvgIpc) is 3.23. The van der Waals surface area contributed by atoms with Crippen molar-refractivity contribution in [3.63, 3.8) is 0 Å². The number of amidine groups is 2. The number of hydrogen-bond acceptors (Lipinski definition) is 5. The van der Waals surface area contributed by atoms with Crippen molar-refractivity contribution in [3.05, 3.63) is 89.0 Å². The molecule has 1 atom stereocenters. The van der Waals surface area contributed by atoms with Crippen LogP contribution in [0.15, 0.2) is 76.6 Å². The minimum absolute atomic E-state index is 0.160. The van der Waals surface area contributed by atoms with Gasteiger partial charge in [-0.25, -0.2) is 9.79 Å². The lowest BCUT2D eigenvalue weighted by molar-refractivity contribution is 0.0697. The highest BCUT2D eigenvalue weighted by Gasteiger charge is 2.28. The molecular formula is C33H33N3O3S. The number of benzene rings is 4. The molecule has 0 bridgehead atoms. The van der Waals surface area contributed by atoms with Crippen molar-refractivity contribution in [2.75, 3.05) is 5.75 Å². The Morgan fingerprint density at radius 3 is 2.50 bits per heavy atom. The second kappa shape index (κ2) is 11.6. The van der Waals surface area contributed by atoms with Gasteiger partial charge in [-0.2, -0.15) is 0 Å². The van der Waals surface area contributed by atoms with Crippen LogP contribution >= 0.6 is 11.8 Å². The molecule has 0 fully saturated rings. The van der Waals surface area contributed by atoms with E-state index >= 15 is 0 Å². The summed E-state index contributed by atoms with van der Waals surface area (Å²) in [6, 6.07) is 21.2. The van der Waals surface area contributed by atoms with Crippen LogP contribution in [0.2, 0.25) is 0 Å². The predicted octanol–water partition coefficient (Wildman–Crippen LogP) is 8.45. The van der Waals surface area contributed by atoms with Crippen LogP contribution in [-0.4, -0.2) is 28.5 Å². The number of fused-ring (bicyclic) bond motifs is 2. The standard InChI is InChI=1S/C33H33N3O3S/c1-4-8-19(5-2)22-15-23-17-26-30(32(35)36-31(26)34)29(21-9-7-10-25(16-21)40-6-3)28(23)27(18-22)39-24-13-11-20(12-14-24)33(37)38/h7,9-19H,4-6,8H2,1-3H3,(H,37,38)(H3,34,35,36). The number of carbonyl (C=O) groups is 1. The number of thioether (sulfide) groups is 1. The number of hydrogen-bond donors (Lipinski definition) is 3. The lowest BCUT2D eigenvalue weighted by Crippen LogP contribution is -2.12. The molecule has 0 aromatic heterocycles. The van der Waals surface area contributed by atoms with Crippen molar-refractivity contribution in [2.45, 2.75) is 50.8 Å². The maximum Gasteiger partial charge on any atom is 0.335 e. The Hall–Kier alpha value is -4.10. The first kappa shape index (κ1) is 27.5. The molecule has 0 spiro atoms. The van der Waals surface area contributed by atoms with Crippen LogP contribution in [0.4, 0.5) is 0 Å². The van der Waals surface area contributed by atoms with E-state index in [1.807, 2.05) is 12.1 Å². The number of nitrogens with two attached hydrogens (primary N) is 1. The Kier molecular flexibility index (Phi) is 7.94. The van der Waals surface area contributed by atoms with E-state index in [1.165, 1.54) is 5.56 Å². The second-order valence-electron chi connectivity index (χ2n) is 9.92. The predicted molar refractivity (Wildman–Crippen MR) is 165 cm³/mol. The van der Waals surface area contributed by atoms with E-state index in [1.54, 1.807) is 36.0 Å². The molecule has 0 amide bonds. The Morgan fingerprint density at radius 2 is 1.82 bits per heavy atom. The zero-order valence-electron chi connectivity index (χ0n) is 23.0. The molecule has 204 valence electrons. The molecule has 0 radical (unpaired) electrons. The number of carboxylic acid groups (broad SMARTS) is 1. The van der Waals surface area contributed by atoms with Crippen molar-refractivity contribution < 1.29 is 14.6 Å². The molecule has 5 rings (SSSR count). The van der Waals surface area contributed by atoms with Gasteiger partial charge in [-0.05, 0) is 89.6 Å². The normalized spacial score (nSPS) is 13.3. The summed E-state index contributed by atoms with van der Waals surface area (Å²) in [5.41, 5.74) is 11.2. The van der Waals surface area contributed by atoms with Gasteiger partial charge in [0.1, 0.15) is 17.3 Å². The van der Waals surface area contributed by atoms with Crippen molar-refractivity contribution >= 4 is 40.2 Å². The quantitative estimate of drug-likeness (QED) is 0.171. The molecule has 1 heterocycles. The lowest BCUT2D eigenvalue weighted by atomic mass is 9.85. The first-order chi connectivity index (χ1) is 19.3. The molecule has 6 nitrogen and oxygen atoms in total. The Bertz CT molecular complexity index is 1640. The number of aromatic carboxylic acids is 1. The third-order valence-electron chi connectivity index (χ3n) is 7.33. The Balaban J connectivity index is 1.82. The summed E-state index contributed by atoms with van der Waals surface area (Å²) in [6.07, 6.45) is 3.11. The van der Waals surface area contributed by atoms with Crippen LogP contribution in [0.25, 0.3) is 21.9 Å². The van der Waals surface area contributed by atoms with E-state index < -0.39 is 5.97 Å². The first-order valence-corrected chi connectivity index (χ1v) is 14.7. The van der Waals surface area contributed by atoms with E-state index in [0.29, 0.717) is 28.8 Å². The van der Waals surface area contributed by atoms with Crippen LogP contribution in [-0.2, 0) is 0 Å². The third-order valence-corrected chi connectivity index (χ3v) is 8.21. The van der Waals surface area contributed by atoms with Crippen LogP contribution < -0.4 is 10.5 Å². The third kappa shape index (κ3) is 5.21. The number of nitrogens with one attached hydrogen (secondary N) is 1. The molecule has 4 aromatic carbocycles. The summed E-state index contributed by atoms with van der Waals surface area (Å²) in [6.45, 7) is 6.52. The van der Waals surface area contributed by atoms with E-state index in [9.17, 15) is 9.90 Å². The minimum Gasteiger partial charge on any atom is -0.478 e. The van der Waals surface area contributed by atoms with Gasteiger partial charge in [-0.15, -0.1) is 11.8 Å². The van der Waals surface area contributed by atoms with Gasteiger partial charge in [-0.1, -0.05) is 45.4 Å². The zero-order valence-corrected chi connectivity index (χ0v) is 23.8. The summed E-state index contributed by atoms with van der Waals surface area (Å²) in [5, 5.41) is 19.8. The topological polar surface area (TPSA) is 109 Å². The van der Waals surface area contributed by atoms with Gasteiger partial charge in [0.25, 0.3) is 0 Å². The van der Waals surface area contributed by atoms with Gasteiger partial charge < -0.3 is 15.6 Å². The van der Waals surface area contributed by atoms with Gasteiger partial charge >= 0.3 is 5.97 Å². The molecule has 0 saturated carbocycles. The number of aliphatic imine (C=N–C) groups is 1. The van der Waals surface area contributed by atoms with E-state index in [-0.39, 0.29) is 11.4 Å². The smallest absolute Gasteiger partial charge is 0.335 e. The SMILES string of the molecule is CCCC(CC)c1cc(Oc2ccc(C(=O)O)cc2)c2c(-c3cccc(SCC)c3)c3c(cc2c1)C(=N)N=C3N. The Morgan fingerprint density at radius 1 is 1.05 bits per heavy atom. The highest BCUT2D eigenvalue weighted by molar-refractivity contribution is 7.99. The highest BCUT2D eigenvalue weighted by Crippen LogP contribution is 2.45. The summed E-state index contributed by atoms with van der Waals surface area (Å²) < 4.78 is 6.57. The number of ether oxygens (including phenoxy) is 1. The van der Waals surface area contributed by atoms with Crippen molar-refractivity contribution in [2.24, 2.45) is 10.7 Å². The molecule has 1 unspecified atom stereocenters. The molecule has 40 heavy (non-hydrogen) atoms. The monoisotopic (exact) mass is 551 g/mol. The van der Waals surface area contributed by atoms with Gasteiger partial charge in [0.2, 0.25) is 0 Å². The number of nitrogens with zero attached hydrogens (tertiary/aromatic N) is 1.